The molecule has 0 aliphatic heterocycles. The predicted octanol–water partition coefficient (Wildman–Crippen LogP) is 1.95. The summed E-state index contributed by atoms with van der Waals surface area (Å²) in [6, 6.07) is 3.19. The van der Waals surface area contributed by atoms with E-state index in [2.05, 4.69) is 5.32 Å². The number of hydrogen-bond acceptors (Lipinski definition) is 3. The third-order valence-corrected chi connectivity index (χ3v) is 2.75. The maximum Gasteiger partial charge on any atom is 0.131 e. The molecule has 0 aliphatic carbocycles. The summed E-state index contributed by atoms with van der Waals surface area (Å²) in [6.45, 7) is 1.02. The average Bonchev–Trinajstić information content (AvgIpc) is 2.24. The highest BCUT2D eigenvalue weighted by atomic mass is 32.2. The first kappa shape index (κ1) is 13.4. The Morgan fingerprint density at radius 1 is 1.44 bits per heavy atom. The van der Waals surface area contributed by atoms with Crippen molar-refractivity contribution in [2.24, 2.45) is 0 Å². The molecule has 0 saturated carbocycles. The summed E-state index contributed by atoms with van der Waals surface area (Å²) in [6.07, 6.45) is 1.04. The van der Waals surface area contributed by atoms with Crippen LogP contribution in [0.1, 0.15) is 11.7 Å². The molecule has 0 aliphatic rings. The summed E-state index contributed by atoms with van der Waals surface area (Å²) in [5.41, 5.74) is 0.123. The molecule has 2 nitrogen and oxygen atoms in total. The van der Waals surface area contributed by atoms with Gasteiger partial charge in [0.2, 0.25) is 0 Å². The van der Waals surface area contributed by atoms with Gasteiger partial charge in [0.1, 0.15) is 11.6 Å². The van der Waals surface area contributed by atoms with Gasteiger partial charge in [-0.25, -0.2) is 8.78 Å². The normalized spacial score (nSPS) is 12.8. The second-order valence-electron chi connectivity index (χ2n) is 3.38. The fourth-order valence-corrected chi connectivity index (χ4v) is 1.64. The number of aliphatic hydroxyl groups excluding tert-OH is 1. The summed E-state index contributed by atoms with van der Waals surface area (Å²) < 4.78 is 25.9. The summed E-state index contributed by atoms with van der Waals surface area (Å²) in [4.78, 5) is 0. The van der Waals surface area contributed by atoms with Gasteiger partial charge in [0.05, 0.1) is 6.10 Å². The molecule has 90 valence electrons. The molecule has 2 N–H and O–H groups in total. The standard InChI is InChI=1S/C11H15F2NOS/c1-16-5-4-14-7-11(15)9-3-2-8(12)6-10(9)13/h2-3,6,11,14-15H,4-5,7H2,1H3. The van der Waals surface area contributed by atoms with Crippen molar-refractivity contribution in [1.29, 1.82) is 0 Å². The lowest BCUT2D eigenvalue weighted by Gasteiger charge is -2.12. The maximum absolute atomic E-state index is 13.2. The first-order valence-electron chi connectivity index (χ1n) is 4.98. The van der Waals surface area contributed by atoms with Crippen molar-refractivity contribution in [3.63, 3.8) is 0 Å². The molecule has 0 heterocycles. The molecule has 5 heteroatoms. The summed E-state index contributed by atoms with van der Waals surface area (Å²) in [5, 5.41) is 12.7. The molecule has 0 aromatic heterocycles. The zero-order chi connectivity index (χ0) is 12.0. The molecule has 0 bridgehead atoms. The fourth-order valence-electron chi connectivity index (χ4n) is 1.29. The largest absolute Gasteiger partial charge is 0.387 e. The summed E-state index contributed by atoms with van der Waals surface area (Å²) in [5.74, 6) is -0.415. The van der Waals surface area contributed by atoms with E-state index in [4.69, 9.17) is 0 Å². The monoisotopic (exact) mass is 247 g/mol. The van der Waals surface area contributed by atoms with Crippen molar-refractivity contribution in [3.8, 4) is 0 Å². The van der Waals surface area contributed by atoms with Gasteiger partial charge >= 0.3 is 0 Å². The van der Waals surface area contributed by atoms with Crippen LogP contribution in [-0.2, 0) is 0 Å². The lowest BCUT2D eigenvalue weighted by Crippen LogP contribution is -2.24. The van der Waals surface area contributed by atoms with Crippen molar-refractivity contribution in [2.45, 2.75) is 6.10 Å². The molecule has 1 unspecified atom stereocenters. The number of nitrogens with one attached hydrogen (secondary N) is 1. The van der Waals surface area contributed by atoms with Crippen molar-refractivity contribution in [3.05, 3.63) is 35.4 Å². The zero-order valence-electron chi connectivity index (χ0n) is 9.04. The highest BCUT2D eigenvalue weighted by molar-refractivity contribution is 7.98. The quantitative estimate of drug-likeness (QED) is 0.754. The topological polar surface area (TPSA) is 32.3 Å². The van der Waals surface area contributed by atoms with Crippen molar-refractivity contribution in [2.75, 3.05) is 25.1 Å². The fraction of sp³-hybridized carbons (Fsp3) is 0.455. The number of thioether (sulfide) groups is 1. The molecule has 0 radical (unpaired) electrons. The molecular weight excluding hydrogens is 232 g/mol. The Bertz CT molecular complexity index is 336. The van der Waals surface area contributed by atoms with E-state index in [1.807, 2.05) is 6.26 Å². The first-order valence-corrected chi connectivity index (χ1v) is 6.37. The summed E-state index contributed by atoms with van der Waals surface area (Å²) in [7, 11) is 0. The molecule has 0 spiro atoms. The molecule has 0 amide bonds. The van der Waals surface area contributed by atoms with Crippen molar-refractivity contribution in [1.82, 2.24) is 5.32 Å². The molecule has 0 fully saturated rings. The Kier molecular flexibility index (Phi) is 5.73. The van der Waals surface area contributed by atoms with E-state index >= 15 is 0 Å². The molecule has 16 heavy (non-hydrogen) atoms. The predicted molar refractivity (Wildman–Crippen MR) is 62.6 cm³/mol. The highest BCUT2D eigenvalue weighted by Gasteiger charge is 2.12. The second kappa shape index (κ2) is 6.83. The zero-order valence-corrected chi connectivity index (χ0v) is 9.86. The highest BCUT2D eigenvalue weighted by Crippen LogP contribution is 2.17. The Hall–Kier alpha value is -0.650. The van der Waals surface area contributed by atoms with Gasteiger partial charge in [-0.1, -0.05) is 6.07 Å². The Morgan fingerprint density at radius 2 is 2.19 bits per heavy atom. The lowest BCUT2D eigenvalue weighted by atomic mass is 10.1. The van der Waals surface area contributed by atoms with Gasteiger partial charge in [-0.3, -0.25) is 0 Å². The van der Waals surface area contributed by atoms with Gasteiger partial charge in [0, 0.05) is 30.5 Å². The van der Waals surface area contributed by atoms with Crippen LogP contribution >= 0.6 is 11.8 Å². The number of benzene rings is 1. The first-order chi connectivity index (χ1) is 7.65. The SMILES string of the molecule is CSCCNCC(O)c1ccc(F)cc1F. The molecule has 1 rings (SSSR count). The van der Waals surface area contributed by atoms with E-state index in [0.717, 1.165) is 24.4 Å². The molecular formula is C11H15F2NOS. The van der Waals surface area contributed by atoms with Crippen LogP contribution in [0.25, 0.3) is 0 Å². The van der Waals surface area contributed by atoms with Crippen LogP contribution in [0.4, 0.5) is 8.78 Å². The van der Waals surface area contributed by atoms with Gasteiger partial charge in [0.15, 0.2) is 0 Å². The van der Waals surface area contributed by atoms with Crippen LogP contribution < -0.4 is 5.32 Å². The Balaban J connectivity index is 2.49. The maximum atomic E-state index is 13.2. The van der Waals surface area contributed by atoms with E-state index in [-0.39, 0.29) is 12.1 Å². The second-order valence-corrected chi connectivity index (χ2v) is 4.36. The third kappa shape index (κ3) is 4.08. The number of aliphatic hydroxyl groups is 1. The van der Waals surface area contributed by atoms with Gasteiger partial charge in [-0.15, -0.1) is 0 Å². The number of hydrogen-bond donors (Lipinski definition) is 2. The Labute approximate surface area is 98.1 Å². The lowest BCUT2D eigenvalue weighted by molar-refractivity contribution is 0.171. The third-order valence-electron chi connectivity index (χ3n) is 2.14. The van der Waals surface area contributed by atoms with Crippen LogP contribution in [0.15, 0.2) is 18.2 Å². The number of halogens is 2. The van der Waals surface area contributed by atoms with Crippen molar-refractivity contribution < 1.29 is 13.9 Å². The number of rotatable bonds is 6. The smallest absolute Gasteiger partial charge is 0.131 e. The minimum atomic E-state index is -0.942. The van der Waals surface area contributed by atoms with Crippen LogP contribution in [0.3, 0.4) is 0 Å². The van der Waals surface area contributed by atoms with E-state index in [9.17, 15) is 13.9 Å². The van der Waals surface area contributed by atoms with Crippen LogP contribution in [0, 0.1) is 11.6 Å². The minimum absolute atomic E-state index is 0.123. The van der Waals surface area contributed by atoms with Crippen molar-refractivity contribution >= 4 is 11.8 Å². The molecule has 1 aromatic carbocycles. The van der Waals surface area contributed by atoms with E-state index in [0.29, 0.717) is 0 Å². The molecule has 1 aromatic rings. The van der Waals surface area contributed by atoms with Gasteiger partial charge in [-0.05, 0) is 12.3 Å². The van der Waals surface area contributed by atoms with E-state index in [1.54, 1.807) is 11.8 Å². The van der Waals surface area contributed by atoms with Gasteiger partial charge in [-0.2, -0.15) is 11.8 Å². The summed E-state index contributed by atoms with van der Waals surface area (Å²) >= 11 is 1.69. The average molecular weight is 247 g/mol. The van der Waals surface area contributed by atoms with Gasteiger partial charge < -0.3 is 10.4 Å². The van der Waals surface area contributed by atoms with E-state index in [1.165, 1.54) is 6.07 Å². The van der Waals surface area contributed by atoms with E-state index < -0.39 is 17.7 Å². The van der Waals surface area contributed by atoms with Crippen LogP contribution in [0.2, 0.25) is 0 Å². The van der Waals surface area contributed by atoms with Crippen LogP contribution in [0.5, 0.6) is 0 Å². The van der Waals surface area contributed by atoms with Crippen LogP contribution in [-0.4, -0.2) is 30.2 Å². The Morgan fingerprint density at radius 3 is 2.81 bits per heavy atom. The molecule has 0 saturated heterocycles. The molecule has 1 atom stereocenters. The minimum Gasteiger partial charge on any atom is -0.387 e. The van der Waals surface area contributed by atoms with Gasteiger partial charge in [0.25, 0.3) is 0 Å².